The Kier molecular flexibility index (Phi) is 7.81. The Morgan fingerprint density at radius 1 is 1.19 bits per heavy atom. The van der Waals surface area contributed by atoms with Gasteiger partial charge < -0.3 is 14.8 Å². The summed E-state index contributed by atoms with van der Waals surface area (Å²) in [6.07, 6.45) is 6.47. The largest absolute Gasteiger partial charge is 0.385 e. The summed E-state index contributed by atoms with van der Waals surface area (Å²) in [6.45, 7) is 5.79. The van der Waals surface area contributed by atoms with Crippen LogP contribution in [0.1, 0.15) is 39.0 Å². The normalized spacial score (nSPS) is 25.9. The van der Waals surface area contributed by atoms with Crippen LogP contribution in [0.2, 0.25) is 0 Å². The van der Waals surface area contributed by atoms with Crippen LogP contribution in [0.4, 0.5) is 0 Å². The number of rotatable bonds is 8. The summed E-state index contributed by atoms with van der Waals surface area (Å²) in [4.78, 5) is 0. The Morgan fingerprint density at radius 3 is 2.81 bits per heavy atom. The van der Waals surface area contributed by atoms with Crippen LogP contribution in [0.25, 0.3) is 0 Å². The molecule has 1 aliphatic rings. The summed E-state index contributed by atoms with van der Waals surface area (Å²) in [5.74, 6) is 0.897. The fourth-order valence-corrected chi connectivity index (χ4v) is 2.36. The van der Waals surface area contributed by atoms with Gasteiger partial charge in [-0.1, -0.05) is 19.8 Å². The third-order valence-corrected chi connectivity index (χ3v) is 3.25. The summed E-state index contributed by atoms with van der Waals surface area (Å²) in [5.41, 5.74) is 0. The lowest BCUT2D eigenvalue weighted by Gasteiger charge is -2.27. The number of hydrogen-bond donors (Lipinski definition) is 1. The molecule has 16 heavy (non-hydrogen) atoms. The van der Waals surface area contributed by atoms with Crippen LogP contribution in [0.15, 0.2) is 0 Å². The van der Waals surface area contributed by atoms with Crippen molar-refractivity contribution in [2.24, 2.45) is 5.92 Å². The second-order valence-electron chi connectivity index (χ2n) is 4.88. The van der Waals surface area contributed by atoms with Crippen LogP contribution in [0.3, 0.4) is 0 Å². The van der Waals surface area contributed by atoms with E-state index < -0.39 is 0 Å². The average Bonchev–Trinajstić information content (AvgIpc) is 2.28. The minimum absolute atomic E-state index is 0.728. The van der Waals surface area contributed by atoms with Gasteiger partial charge in [0.1, 0.15) is 0 Å². The highest BCUT2D eigenvalue weighted by Crippen LogP contribution is 2.23. The van der Waals surface area contributed by atoms with Gasteiger partial charge in [0.05, 0.1) is 6.61 Å². The summed E-state index contributed by atoms with van der Waals surface area (Å²) in [5, 5.41) is 3.59. The maximum atomic E-state index is 5.51. The molecule has 1 saturated carbocycles. The van der Waals surface area contributed by atoms with Crippen molar-refractivity contribution < 1.29 is 9.47 Å². The zero-order valence-corrected chi connectivity index (χ0v) is 10.8. The quantitative estimate of drug-likeness (QED) is 0.647. The van der Waals surface area contributed by atoms with E-state index in [-0.39, 0.29) is 0 Å². The minimum Gasteiger partial charge on any atom is -0.385 e. The smallest absolute Gasteiger partial charge is 0.0591 e. The van der Waals surface area contributed by atoms with Crippen LogP contribution in [-0.4, -0.2) is 39.5 Å². The van der Waals surface area contributed by atoms with Crippen molar-refractivity contribution in [2.45, 2.75) is 45.1 Å². The summed E-state index contributed by atoms with van der Waals surface area (Å²) in [6, 6.07) is 0.728. The van der Waals surface area contributed by atoms with E-state index >= 15 is 0 Å². The van der Waals surface area contributed by atoms with Gasteiger partial charge in [-0.2, -0.15) is 0 Å². The lowest BCUT2D eigenvalue weighted by atomic mass is 9.87. The molecule has 1 fully saturated rings. The Morgan fingerprint density at radius 2 is 2.06 bits per heavy atom. The molecule has 0 aromatic carbocycles. The average molecular weight is 229 g/mol. The number of nitrogens with one attached hydrogen (secondary N) is 1. The van der Waals surface area contributed by atoms with Crippen molar-refractivity contribution in [2.75, 3.05) is 33.5 Å². The lowest BCUT2D eigenvalue weighted by molar-refractivity contribution is 0.101. The molecule has 0 aromatic rings. The van der Waals surface area contributed by atoms with E-state index in [1.807, 2.05) is 0 Å². The highest BCUT2D eigenvalue weighted by molar-refractivity contribution is 4.75. The molecule has 3 heteroatoms. The molecule has 0 heterocycles. The van der Waals surface area contributed by atoms with Gasteiger partial charge in [-0.05, 0) is 25.2 Å². The van der Waals surface area contributed by atoms with Crippen molar-refractivity contribution >= 4 is 0 Å². The second kappa shape index (κ2) is 8.97. The molecule has 0 spiro atoms. The number of hydrogen-bond acceptors (Lipinski definition) is 3. The maximum Gasteiger partial charge on any atom is 0.0591 e. The van der Waals surface area contributed by atoms with Crippen molar-refractivity contribution in [1.29, 1.82) is 0 Å². The van der Waals surface area contributed by atoms with Gasteiger partial charge in [0.15, 0.2) is 0 Å². The first-order chi connectivity index (χ1) is 7.83. The second-order valence-corrected chi connectivity index (χ2v) is 4.88. The zero-order valence-electron chi connectivity index (χ0n) is 10.8. The van der Waals surface area contributed by atoms with Crippen LogP contribution in [0, 0.1) is 5.92 Å². The van der Waals surface area contributed by atoms with E-state index in [1.54, 1.807) is 7.11 Å². The highest BCUT2D eigenvalue weighted by atomic mass is 16.5. The van der Waals surface area contributed by atoms with Crippen LogP contribution in [-0.2, 0) is 9.47 Å². The van der Waals surface area contributed by atoms with E-state index in [9.17, 15) is 0 Å². The molecule has 0 aliphatic heterocycles. The van der Waals surface area contributed by atoms with E-state index in [0.29, 0.717) is 0 Å². The monoisotopic (exact) mass is 229 g/mol. The maximum absolute atomic E-state index is 5.51. The molecule has 0 amide bonds. The molecule has 0 saturated heterocycles. The molecule has 0 aromatic heterocycles. The van der Waals surface area contributed by atoms with Crippen molar-refractivity contribution in [3.63, 3.8) is 0 Å². The van der Waals surface area contributed by atoms with E-state index in [4.69, 9.17) is 9.47 Å². The fraction of sp³-hybridized carbons (Fsp3) is 1.00. The van der Waals surface area contributed by atoms with Gasteiger partial charge in [-0.25, -0.2) is 0 Å². The van der Waals surface area contributed by atoms with Crippen molar-refractivity contribution in [3.05, 3.63) is 0 Å². The Labute approximate surface area is 99.9 Å². The van der Waals surface area contributed by atoms with E-state index in [0.717, 1.165) is 44.7 Å². The Balaban J connectivity index is 1.86. The first-order valence-corrected chi connectivity index (χ1v) is 6.63. The zero-order chi connectivity index (χ0) is 11.6. The molecule has 96 valence electrons. The van der Waals surface area contributed by atoms with Gasteiger partial charge in [0.25, 0.3) is 0 Å². The molecule has 1 N–H and O–H groups in total. The van der Waals surface area contributed by atoms with Gasteiger partial charge in [-0.15, -0.1) is 0 Å². The highest BCUT2D eigenvalue weighted by Gasteiger charge is 2.17. The topological polar surface area (TPSA) is 30.5 Å². The van der Waals surface area contributed by atoms with Crippen LogP contribution in [0.5, 0.6) is 0 Å². The summed E-state index contributed by atoms with van der Waals surface area (Å²) in [7, 11) is 1.73. The van der Waals surface area contributed by atoms with E-state index in [1.165, 1.54) is 25.7 Å². The molecule has 3 nitrogen and oxygen atoms in total. The van der Waals surface area contributed by atoms with E-state index in [2.05, 4.69) is 12.2 Å². The first kappa shape index (κ1) is 13.9. The Bertz CT molecular complexity index is 164. The third-order valence-electron chi connectivity index (χ3n) is 3.25. The van der Waals surface area contributed by atoms with Gasteiger partial charge in [0.2, 0.25) is 0 Å². The van der Waals surface area contributed by atoms with Crippen LogP contribution < -0.4 is 5.32 Å². The molecular formula is C13H27NO2. The number of ether oxygens (including phenoxy) is 2. The molecular weight excluding hydrogens is 202 g/mol. The standard InChI is InChI=1S/C13H27NO2/c1-12-5-3-6-13(11-12)14-7-10-16-9-4-8-15-2/h12-14H,3-11H2,1-2H3. The van der Waals surface area contributed by atoms with Crippen LogP contribution >= 0.6 is 0 Å². The predicted octanol–water partition coefficient (Wildman–Crippen LogP) is 2.21. The number of methoxy groups -OCH3 is 1. The predicted molar refractivity (Wildman–Crippen MR) is 66.7 cm³/mol. The third kappa shape index (κ3) is 6.46. The Hall–Kier alpha value is -0.120. The molecule has 2 unspecified atom stereocenters. The molecule has 1 rings (SSSR count). The fourth-order valence-electron chi connectivity index (χ4n) is 2.36. The molecule has 0 radical (unpaired) electrons. The van der Waals surface area contributed by atoms with Gasteiger partial charge in [0, 0.05) is 32.9 Å². The van der Waals surface area contributed by atoms with Gasteiger partial charge >= 0.3 is 0 Å². The van der Waals surface area contributed by atoms with Crippen molar-refractivity contribution in [3.8, 4) is 0 Å². The lowest BCUT2D eigenvalue weighted by Crippen LogP contribution is -2.35. The molecule has 2 atom stereocenters. The SMILES string of the molecule is COCCCOCCNC1CCCC(C)C1. The summed E-state index contributed by atoms with van der Waals surface area (Å²) >= 11 is 0. The van der Waals surface area contributed by atoms with Crippen molar-refractivity contribution in [1.82, 2.24) is 5.32 Å². The molecule has 1 aliphatic carbocycles. The first-order valence-electron chi connectivity index (χ1n) is 6.63. The van der Waals surface area contributed by atoms with Gasteiger partial charge in [-0.3, -0.25) is 0 Å². The molecule has 0 bridgehead atoms. The summed E-state index contributed by atoms with van der Waals surface area (Å²) < 4.78 is 10.5. The minimum atomic E-state index is 0.728.